The van der Waals surface area contributed by atoms with Crippen molar-refractivity contribution in [1.29, 1.82) is 0 Å². The lowest BCUT2D eigenvalue weighted by atomic mass is 10.2. The van der Waals surface area contributed by atoms with E-state index in [-0.39, 0.29) is 0 Å². The molecule has 9 heteroatoms. The predicted octanol–water partition coefficient (Wildman–Crippen LogP) is 0.680. The Bertz CT molecular complexity index is 761. The summed E-state index contributed by atoms with van der Waals surface area (Å²) >= 11 is 0. The van der Waals surface area contributed by atoms with Crippen molar-refractivity contribution >= 4 is 29.8 Å². The molecular formula is C16H18N6O3. The van der Waals surface area contributed by atoms with E-state index in [0.29, 0.717) is 49.2 Å². The van der Waals surface area contributed by atoms with Gasteiger partial charge in [-0.15, -0.1) is 5.10 Å². The Kier molecular flexibility index (Phi) is 5.03. The minimum Gasteiger partial charge on any atom is -0.465 e. The maximum atomic E-state index is 11.6. The van der Waals surface area contributed by atoms with Crippen LogP contribution < -0.4 is 10.2 Å². The fraction of sp³-hybridized carbons (Fsp3) is 0.312. The average Bonchev–Trinajstić information content (AvgIpc) is 2.68. The third-order valence-corrected chi connectivity index (χ3v) is 3.85. The summed E-state index contributed by atoms with van der Waals surface area (Å²) in [7, 11) is 1.34. The quantitative estimate of drug-likeness (QED) is 0.625. The van der Waals surface area contributed by atoms with Crippen molar-refractivity contribution in [3.8, 4) is 0 Å². The van der Waals surface area contributed by atoms with Crippen molar-refractivity contribution in [1.82, 2.24) is 20.1 Å². The van der Waals surface area contributed by atoms with Gasteiger partial charge in [-0.25, -0.2) is 4.79 Å². The van der Waals surface area contributed by atoms with Crippen molar-refractivity contribution in [2.45, 2.75) is 0 Å². The zero-order chi connectivity index (χ0) is 17.6. The summed E-state index contributed by atoms with van der Waals surface area (Å²) in [6.07, 6.45) is 2.36. The van der Waals surface area contributed by atoms with E-state index in [4.69, 9.17) is 4.74 Å². The number of benzene rings is 1. The summed E-state index contributed by atoms with van der Waals surface area (Å²) in [6.45, 7) is 2.57. The molecule has 130 valence electrons. The molecule has 9 nitrogen and oxygen atoms in total. The third kappa shape index (κ3) is 4.00. The number of hydrogen-bond donors (Lipinski definition) is 1. The van der Waals surface area contributed by atoms with E-state index < -0.39 is 5.97 Å². The minimum atomic E-state index is -0.404. The molecule has 1 aromatic carbocycles. The fourth-order valence-electron chi connectivity index (χ4n) is 2.51. The van der Waals surface area contributed by atoms with E-state index in [2.05, 4.69) is 20.5 Å². The molecule has 2 aromatic rings. The van der Waals surface area contributed by atoms with Gasteiger partial charge in [0.05, 0.1) is 18.9 Å². The summed E-state index contributed by atoms with van der Waals surface area (Å²) in [5.41, 5.74) is 1.14. The van der Waals surface area contributed by atoms with Crippen molar-refractivity contribution in [3.05, 3.63) is 36.0 Å². The second kappa shape index (κ2) is 7.56. The molecule has 0 aliphatic carbocycles. The first-order chi connectivity index (χ1) is 12.2. The Morgan fingerprint density at radius 3 is 2.80 bits per heavy atom. The number of esters is 1. The monoisotopic (exact) mass is 342 g/mol. The van der Waals surface area contributed by atoms with Gasteiger partial charge in [0.1, 0.15) is 0 Å². The largest absolute Gasteiger partial charge is 0.465 e. The molecule has 1 aliphatic heterocycles. The highest BCUT2D eigenvalue weighted by molar-refractivity contribution is 5.90. The molecule has 0 atom stereocenters. The van der Waals surface area contributed by atoms with Gasteiger partial charge < -0.3 is 19.9 Å². The zero-order valence-electron chi connectivity index (χ0n) is 13.8. The number of piperazine rings is 1. The van der Waals surface area contributed by atoms with Gasteiger partial charge in [0.2, 0.25) is 12.4 Å². The molecule has 1 N–H and O–H groups in total. The molecular weight excluding hydrogens is 324 g/mol. The third-order valence-electron chi connectivity index (χ3n) is 3.85. The van der Waals surface area contributed by atoms with E-state index in [1.54, 1.807) is 23.1 Å². The Morgan fingerprint density at radius 1 is 1.28 bits per heavy atom. The normalized spacial score (nSPS) is 14.1. The molecule has 0 spiro atoms. The number of aromatic nitrogens is 3. The molecule has 1 fully saturated rings. The van der Waals surface area contributed by atoms with Crippen LogP contribution in [0.2, 0.25) is 0 Å². The number of carbonyl (C=O) groups excluding carboxylic acids is 2. The number of methoxy groups -OCH3 is 1. The Morgan fingerprint density at radius 2 is 2.08 bits per heavy atom. The highest BCUT2D eigenvalue weighted by Crippen LogP contribution is 2.18. The molecule has 1 aromatic heterocycles. The number of nitrogens with zero attached hydrogens (tertiary/aromatic N) is 5. The van der Waals surface area contributed by atoms with E-state index in [0.717, 1.165) is 6.41 Å². The lowest BCUT2D eigenvalue weighted by molar-refractivity contribution is -0.118. The van der Waals surface area contributed by atoms with Crippen LogP contribution in [-0.2, 0) is 9.53 Å². The summed E-state index contributed by atoms with van der Waals surface area (Å²) in [6, 6.07) is 6.92. The molecule has 3 rings (SSSR count). The lowest BCUT2D eigenvalue weighted by Crippen LogP contribution is -2.46. The smallest absolute Gasteiger partial charge is 0.337 e. The van der Waals surface area contributed by atoms with E-state index in [9.17, 15) is 9.59 Å². The van der Waals surface area contributed by atoms with Crippen molar-refractivity contribution < 1.29 is 14.3 Å². The molecule has 0 saturated carbocycles. The maximum absolute atomic E-state index is 11.6. The minimum absolute atomic E-state index is 0.404. The summed E-state index contributed by atoms with van der Waals surface area (Å²) in [4.78, 5) is 30.5. The molecule has 0 radical (unpaired) electrons. The topological polar surface area (TPSA) is 101 Å². The first kappa shape index (κ1) is 16.6. The van der Waals surface area contributed by atoms with E-state index in [1.807, 2.05) is 11.0 Å². The van der Waals surface area contributed by atoms with Crippen LogP contribution in [0.3, 0.4) is 0 Å². The van der Waals surface area contributed by atoms with E-state index in [1.165, 1.54) is 13.3 Å². The van der Waals surface area contributed by atoms with Crippen molar-refractivity contribution in [2.75, 3.05) is 43.5 Å². The number of nitrogens with one attached hydrogen (secondary N) is 1. The summed E-state index contributed by atoms with van der Waals surface area (Å²) in [5.74, 6) is 0.614. The summed E-state index contributed by atoms with van der Waals surface area (Å²) < 4.78 is 4.72. The van der Waals surface area contributed by atoms with Gasteiger partial charge in [0.25, 0.3) is 0 Å². The fourth-order valence-corrected chi connectivity index (χ4v) is 2.51. The van der Waals surface area contributed by atoms with Crippen molar-refractivity contribution in [2.24, 2.45) is 0 Å². The van der Waals surface area contributed by atoms with Gasteiger partial charge in [0.15, 0.2) is 5.82 Å². The number of amides is 1. The molecule has 1 aliphatic rings. The first-order valence-electron chi connectivity index (χ1n) is 7.79. The highest BCUT2D eigenvalue weighted by Gasteiger charge is 2.18. The van der Waals surface area contributed by atoms with Gasteiger partial charge >= 0.3 is 5.97 Å². The van der Waals surface area contributed by atoms with Crippen LogP contribution in [0.1, 0.15) is 10.4 Å². The summed E-state index contributed by atoms with van der Waals surface area (Å²) in [5, 5.41) is 11.1. The van der Waals surface area contributed by atoms with Crippen LogP contribution in [0.25, 0.3) is 0 Å². The van der Waals surface area contributed by atoms with Gasteiger partial charge in [0, 0.05) is 31.9 Å². The second-order valence-corrected chi connectivity index (χ2v) is 5.47. The number of ether oxygens (including phenoxy) is 1. The van der Waals surface area contributed by atoms with E-state index >= 15 is 0 Å². The van der Waals surface area contributed by atoms with Crippen LogP contribution >= 0.6 is 0 Å². The Labute approximate surface area is 144 Å². The molecule has 0 bridgehead atoms. The molecule has 1 amide bonds. The molecule has 25 heavy (non-hydrogen) atoms. The van der Waals surface area contributed by atoms with Gasteiger partial charge in [-0.3, -0.25) is 4.79 Å². The van der Waals surface area contributed by atoms with Crippen molar-refractivity contribution in [3.63, 3.8) is 0 Å². The van der Waals surface area contributed by atoms with Gasteiger partial charge in [-0.2, -0.15) is 10.1 Å². The van der Waals surface area contributed by atoms with Gasteiger partial charge in [-0.1, -0.05) is 6.07 Å². The van der Waals surface area contributed by atoms with Gasteiger partial charge in [-0.05, 0) is 18.2 Å². The number of anilines is 3. The second-order valence-electron chi connectivity index (χ2n) is 5.47. The molecule has 0 unspecified atom stereocenters. The lowest BCUT2D eigenvalue weighted by Gasteiger charge is -2.32. The number of hydrogen-bond acceptors (Lipinski definition) is 8. The average molecular weight is 342 g/mol. The van der Waals surface area contributed by atoms with Crippen LogP contribution in [0, 0.1) is 0 Å². The van der Waals surface area contributed by atoms with Crippen LogP contribution in [-0.4, -0.2) is 65.7 Å². The first-order valence-corrected chi connectivity index (χ1v) is 7.79. The van der Waals surface area contributed by atoms with Crippen LogP contribution in [0.5, 0.6) is 0 Å². The maximum Gasteiger partial charge on any atom is 0.337 e. The predicted molar refractivity (Wildman–Crippen MR) is 90.7 cm³/mol. The van der Waals surface area contributed by atoms with Crippen LogP contribution in [0.4, 0.5) is 17.5 Å². The standard InChI is InChI=1S/C16H18N6O3/c1-25-15(24)12-3-2-4-13(9-12)18-14-10-17-20-16(19-14)22-7-5-21(11-23)6-8-22/h2-4,9-11H,5-8H2,1H3,(H,18,19,20). The highest BCUT2D eigenvalue weighted by atomic mass is 16.5. The number of rotatable bonds is 5. The number of carbonyl (C=O) groups is 2. The van der Waals surface area contributed by atoms with Crippen LogP contribution in [0.15, 0.2) is 30.5 Å². The molecule has 2 heterocycles. The Hall–Kier alpha value is -3.23. The zero-order valence-corrected chi connectivity index (χ0v) is 13.8. The Balaban J connectivity index is 1.72. The molecule has 1 saturated heterocycles. The SMILES string of the molecule is COC(=O)c1cccc(Nc2cnnc(N3CCN(C=O)CC3)n2)c1.